The van der Waals surface area contributed by atoms with Gasteiger partial charge in [0.2, 0.25) is 0 Å². The lowest BCUT2D eigenvalue weighted by Gasteiger charge is -2.14. The van der Waals surface area contributed by atoms with E-state index >= 15 is 0 Å². The number of halogens is 1. The number of hydrogen-bond donors (Lipinski definition) is 0. The summed E-state index contributed by atoms with van der Waals surface area (Å²) in [5.74, 6) is 0.449. The molecule has 9 heteroatoms. The van der Waals surface area contributed by atoms with E-state index in [0.717, 1.165) is 47.2 Å². The van der Waals surface area contributed by atoms with E-state index in [9.17, 15) is 14.9 Å². The van der Waals surface area contributed by atoms with Crippen LogP contribution in [-0.2, 0) is 18.6 Å². The number of fused-ring (bicyclic) bond motifs is 3. The minimum absolute atomic E-state index is 0.0464. The van der Waals surface area contributed by atoms with E-state index in [4.69, 9.17) is 16.6 Å². The number of aromatic nitrogens is 2. The maximum Gasteiger partial charge on any atom is 0.269 e. The highest BCUT2D eigenvalue weighted by Gasteiger charge is 2.23. The Morgan fingerprint density at radius 2 is 2.03 bits per heavy atom. The lowest BCUT2D eigenvalue weighted by Crippen LogP contribution is -2.22. The van der Waals surface area contributed by atoms with Gasteiger partial charge in [-0.15, -0.1) is 11.3 Å². The van der Waals surface area contributed by atoms with Gasteiger partial charge in [0, 0.05) is 27.8 Å². The molecule has 5 rings (SSSR count). The highest BCUT2D eigenvalue weighted by Crippen LogP contribution is 2.36. The van der Waals surface area contributed by atoms with Gasteiger partial charge in [-0.1, -0.05) is 41.6 Å². The topological polar surface area (TPSA) is 78.0 Å². The van der Waals surface area contributed by atoms with Crippen LogP contribution in [-0.4, -0.2) is 14.5 Å². The molecular formula is C24H20ClN3O3S2. The number of benzene rings is 2. The molecule has 0 saturated heterocycles. The highest BCUT2D eigenvalue weighted by molar-refractivity contribution is 7.98. The number of aryl methyl sites for hydroxylation is 3. The number of thioether (sulfide) groups is 1. The van der Waals surface area contributed by atoms with Gasteiger partial charge >= 0.3 is 0 Å². The van der Waals surface area contributed by atoms with Crippen LogP contribution < -0.4 is 5.56 Å². The third-order valence-electron chi connectivity index (χ3n) is 5.86. The summed E-state index contributed by atoms with van der Waals surface area (Å²) in [6.07, 6.45) is 4.11. The molecule has 0 saturated carbocycles. The van der Waals surface area contributed by atoms with Gasteiger partial charge in [0.1, 0.15) is 4.83 Å². The third kappa shape index (κ3) is 4.18. The Bertz CT molecular complexity index is 1460. The predicted molar refractivity (Wildman–Crippen MR) is 134 cm³/mol. The predicted octanol–water partition coefficient (Wildman–Crippen LogP) is 6.49. The lowest BCUT2D eigenvalue weighted by molar-refractivity contribution is -0.384. The zero-order valence-electron chi connectivity index (χ0n) is 17.8. The van der Waals surface area contributed by atoms with Crippen molar-refractivity contribution < 1.29 is 4.92 Å². The van der Waals surface area contributed by atoms with Crippen LogP contribution in [0, 0.1) is 17.0 Å². The average molecular weight is 498 g/mol. The van der Waals surface area contributed by atoms with E-state index < -0.39 is 4.92 Å². The van der Waals surface area contributed by atoms with Gasteiger partial charge in [-0.05, 0) is 61.4 Å². The molecule has 0 bridgehead atoms. The minimum Gasteiger partial charge on any atom is -0.268 e. The van der Waals surface area contributed by atoms with Gasteiger partial charge < -0.3 is 0 Å². The quantitative estimate of drug-likeness (QED) is 0.136. The standard InChI is InChI=1S/C24H20ClN3O3S2/c1-14-9-10-16(12-19(14)25)27-23(29)21-18-7-2-3-8-20(18)33-22(21)26-24(27)32-13-15-5-4-6-17(11-15)28(30)31/h4-6,9-12H,2-3,7-8,13H2,1H3. The molecule has 0 radical (unpaired) electrons. The van der Waals surface area contributed by atoms with Gasteiger partial charge in [0.15, 0.2) is 5.16 Å². The van der Waals surface area contributed by atoms with Crippen LogP contribution in [0.25, 0.3) is 15.9 Å². The first-order chi connectivity index (χ1) is 15.9. The van der Waals surface area contributed by atoms with E-state index in [1.165, 1.54) is 22.7 Å². The summed E-state index contributed by atoms with van der Waals surface area (Å²) < 4.78 is 1.64. The van der Waals surface area contributed by atoms with Crippen LogP contribution in [0.1, 0.15) is 34.4 Å². The second-order valence-electron chi connectivity index (χ2n) is 8.08. The fourth-order valence-corrected chi connectivity index (χ4v) is 6.57. The van der Waals surface area contributed by atoms with Crippen molar-refractivity contribution in [3.63, 3.8) is 0 Å². The van der Waals surface area contributed by atoms with Crippen molar-refractivity contribution in [2.24, 2.45) is 0 Å². The molecule has 6 nitrogen and oxygen atoms in total. The molecule has 0 aliphatic heterocycles. The van der Waals surface area contributed by atoms with E-state index in [1.807, 2.05) is 25.1 Å². The van der Waals surface area contributed by atoms with Crippen molar-refractivity contribution >= 4 is 50.6 Å². The van der Waals surface area contributed by atoms with Crippen LogP contribution in [0.15, 0.2) is 52.4 Å². The molecule has 0 fully saturated rings. The molecule has 0 unspecified atom stereocenters. The minimum atomic E-state index is -0.404. The fourth-order valence-electron chi connectivity index (χ4n) is 4.14. The summed E-state index contributed by atoms with van der Waals surface area (Å²) in [6.45, 7) is 1.92. The Labute approximate surface area is 203 Å². The number of non-ortho nitro benzene ring substituents is 1. The van der Waals surface area contributed by atoms with Gasteiger partial charge in [-0.2, -0.15) is 0 Å². The zero-order chi connectivity index (χ0) is 23.1. The summed E-state index contributed by atoms with van der Waals surface area (Å²) in [4.78, 5) is 31.5. The molecule has 168 valence electrons. The normalized spacial score (nSPS) is 13.3. The number of nitro groups is 1. The monoisotopic (exact) mass is 497 g/mol. The van der Waals surface area contributed by atoms with Crippen LogP contribution in [0.3, 0.4) is 0 Å². The third-order valence-corrected chi connectivity index (χ3v) is 8.46. The lowest BCUT2D eigenvalue weighted by atomic mass is 9.97. The number of thiophene rings is 1. The molecule has 1 aliphatic carbocycles. The molecule has 1 aliphatic rings. The number of rotatable bonds is 5. The number of hydrogen-bond acceptors (Lipinski definition) is 6. The van der Waals surface area contributed by atoms with Gasteiger partial charge in [0.05, 0.1) is 16.0 Å². The van der Waals surface area contributed by atoms with Crippen LogP contribution in [0.4, 0.5) is 5.69 Å². The van der Waals surface area contributed by atoms with Gasteiger partial charge in [-0.25, -0.2) is 4.98 Å². The molecular weight excluding hydrogens is 478 g/mol. The second kappa shape index (κ2) is 8.93. The van der Waals surface area contributed by atoms with Crippen molar-refractivity contribution in [1.82, 2.24) is 9.55 Å². The Morgan fingerprint density at radius 3 is 2.82 bits per heavy atom. The molecule has 2 aromatic heterocycles. The molecule has 0 atom stereocenters. The van der Waals surface area contributed by atoms with Crippen LogP contribution in [0.2, 0.25) is 5.02 Å². The summed E-state index contributed by atoms with van der Waals surface area (Å²) in [5.41, 5.74) is 3.50. The second-order valence-corrected chi connectivity index (χ2v) is 10.5. The Kier molecular flexibility index (Phi) is 5.99. The summed E-state index contributed by atoms with van der Waals surface area (Å²) in [7, 11) is 0. The SMILES string of the molecule is Cc1ccc(-n2c(SCc3cccc([N+](=O)[O-])c3)nc3sc4c(c3c2=O)CCCC4)cc1Cl. The van der Waals surface area contributed by atoms with Crippen molar-refractivity contribution in [1.29, 1.82) is 0 Å². The zero-order valence-corrected chi connectivity index (χ0v) is 20.2. The first-order valence-electron chi connectivity index (χ1n) is 10.6. The van der Waals surface area contributed by atoms with Crippen molar-refractivity contribution in [2.45, 2.75) is 43.5 Å². The molecule has 33 heavy (non-hydrogen) atoms. The average Bonchev–Trinajstić information content (AvgIpc) is 3.18. The summed E-state index contributed by atoms with van der Waals surface area (Å²) in [6, 6.07) is 12.1. The first kappa shape index (κ1) is 22.1. The van der Waals surface area contributed by atoms with E-state index in [2.05, 4.69) is 0 Å². The largest absolute Gasteiger partial charge is 0.269 e. The van der Waals surface area contributed by atoms with Crippen LogP contribution in [0.5, 0.6) is 0 Å². The van der Waals surface area contributed by atoms with Crippen molar-refractivity contribution in [3.05, 3.63) is 89.5 Å². The van der Waals surface area contributed by atoms with E-state index in [-0.39, 0.29) is 11.2 Å². The number of nitro benzene ring substituents is 1. The van der Waals surface area contributed by atoms with E-state index in [1.54, 1.807) is 34.1 Å². The summed E-state index contributed by atoms with van der Waals surface area (Å²) >= 11 is 9.40. The van der Waals surface area contributed by atoms with Crippen molar-refractivity contribution in [3.8, 4) is 5.69 Å². The highest BCUT2D eigenvalue weighted by atomic mass is 35.5. The molecule has 0 spiro atoms. The van der Waals surface area contributed by atoms with Gasteiger partial charge in [0.25, 0.3) is 11.2 Å². The first-order valence-corrected chi connectivity index (χ1v) is 12.8. The van der Waals surface area contributed by atoms with E-state index in [0.29, 0.717) is 27.0 Å². The molecule has 0 amide bonds. The van der Waals surface area contributed by atoms with Crippen molar-refractivity contribution in [2.75, 3.05) is 0 Å². The molecule has 0 N–H and O–H groups in total. The Balaban J connectivity index is 1.64. The molecule has 2 aromatic carbocycles. The Hall–Kier alpha value is -2.68. The maximum atomic E-state index is 13.8. The number of nitrogens with zero attached hydrogens (tertiary/aromatic N) is 3. The fraction of sp³-hybridized carbons (Fsp3) is 0.250. The van der Waals surface area contributed by atoms with Gasteiger partial charge in [-0.3, -0.25) is 19.5 Å². The maximum absolute atomic E-state index is 13.8. The summed E-state index contributed by atoms with van der Waals surface area (Å²) in [5, 5.41) is 13.0. The van der Waals surface area contributed by atoms with Crippen LogP contribution >= 0.6 is 34.7 Å². The molecule has 4 aromatic rings. The smallest absolute Gasteiger partial charge is 0.268 e. The Morgan fingerprint density at radius 1 is 1.21 bits per heavy atom. The molecule has 2 heterocycles.